The summed E-state index contributed by atoms with van der Waals surface area (Å²) in [5.41, 5.74) is 1.74. The number of thiazole rings is 1. The van der Waals surface area contributed by atoms with Gasteiger partial charge in [0.2, 0.25) is 0 Å². The molecule has 0 saturated carbocycles. The van der Waals surface area contributed by atoms with Crippen LogP contribution in [0, 0.1) is 0 Å². The van der Waals surface area contributed by atoms with Gasteiger partial charge in [-0.15, -0.1) is 11.3 Å². The summed E-state index contributed by atoms with van der Waals surface area (Å²) in [5, 5.41) is 9.97. The van der Waals surface area contributed by atoms with E-state index in [9.17, 15) is 9.59 Å². The molecule has 30 heavy (non-hydrogen) atoms. The maximum atomic E-state index is 12.7. The van der Waals surface area contributed by atoms with Gasteiger partial charge in [-0.25, -0.2) is 14.5 Å². The molecule has 1 aliphatic heterocycles. The third kappa shape index (κ3) is 4.52. The average molecular weight is 427 g/mol. The van der Waals surface area contributed by atoms with Crippen LogP contribution < -0.4 is 11.0 Å². The first-order valence-electron chi connectivity index (χ1n) is 10.1. The number of aromatic nitrogens is 4. The molecule has 3 heterocycles. The predicted molar refractivity (Wildman–Crippen MR) is 117 cm³/mol. The topological polar surface area (TPSA) is 85.0 Å². The lowest BCUT2D eigenvalue weighted by molar-refractivity contribution is 0.0932. The molecule has 4 rings (SSSR count). The third-order valence-electron chi connectivity index (χ3n) is 5.28. The van der Waals surface area contributed by atoms with Crippen LogP contribution in [0.4, 0.5) is 0 Å². The molecule has 0 fully saturated rings. The fraction of sp³-hybridized carbons (Fsp3) is 0.429. The number of amides is 1. The first-order valence-corrected chi connectivity index (χ1v) is 11.0. The molecule has 1 amide bonds. The van der Waals surface area contributed by atoms with Crippen LogP contribution in [0.25, 0.3) is 11.3 Å². The van der Waals surface area contributed by atoms with Gasteiger partial charge >= 0.3 is 5.69 Å². The number of nitrogens with zero attached hydrogens (tertiary/aromatic N) is 5. The van der Waals surface area contributed by atoms with E-state index in [1.807, 2.05) is 54.7 Å². The van der Waals surface area contributed by atoms with Gasteiger partial charge in [0.25, 0.3) is 5.91 Å². The predicted octanol–water partition coefficient (Wildman–Crippen LogP) is 1.86. The van der Waals surface area contributed by atoms with Crippen molar-refractivity contribution in [2.75, 3.05) is 20.6 Å². The maximum Gasteiger partial charge on any atom is 0.345 e. The number of rotatable bonds is 6. The molecule has 1 aromatic carbocycles. The lowest BCUT2D eigenvalue weighted by atomic mass is 10.1. The molecule has 0 saturated heterocycles. The largest absolute Gasteiger partial charge is 0.347 e. The third-order valence-corrected chi connectivity index (χ3v) is 6.12. The maximum absolute atomic E-state index is 12.7. The zero-order valence-corrected chi connectivity index (χ0v) is 18.1. The van der Waals surface area contributed by atoms with E-state index in [0.29, 0.717) is 30.9 Å². The molecule has 0 radical (unpaired) electrons. The van der Waals surface area contributed by atoms with Gasteiger partial charge in [-0.3, -0.25) is 9.36 Å². The number of aryl methyl sites for hydroxylation is 1. The molecule has 9 heteroatoms. The van der Waals surface area contributed by atoms with Crippen molar-refractivity contribution in [1.29, 1.82) is 0 Å². The monoisotopic (exact) mass is 426 g/mol. The average Bonchev–Trinajstić information content (AvgIpc) is 3.29. The first-order chi connectivity index (χ1) is 14.5. The van der Waals surface area contributed by atoms with Gasteiger partial charge in [-0.05, 0) is 26.9 Å². The summed E-state index contributed by atoms with van der Waals surface area (Å²) in [6.07, 6.45) is 2.13. The van der Waals surface area contributed by atoms with Crippen molar-refractivity contribution in [3.05, 3.63) is 57.0 Å². The Kier molecular flexibility index (Phi) is 6.10. The Bertz CT molecular complexity index is 1070. The van der Waals surface area contributed by atoms with Crippen LogP contribution in [-0.4, -0.2) is 56.8 Å². The van der Waals surface area contributed by atoms with Crippen LogP contribution in [-0.2, 0) is 19.5 Å². The van der Waals surface area contributed by atoms with Gasteiger partial charge in [0, 0.05) is 36.5 Å². The Morgan fingerprint density at radius 3 is 2.83 bits per heavy atom. The summed E-state index contributed by atoms with van der Waals surface area (Å²) in [6, 6.07) is 9.83. The van der Waals surface area contributed by atoms with Crippen LogP contribution in [0.1, 0.15) is 28.5 Å². The zero-order chi connectivity index (χ0) is 21.1. The summed E-state index contributed by atoms with van der Waals surface area (Å²) in [7, 11) is 3.95. The molecule has 3 aromatic rings. The van der Waals surface area contributed by atoms with Gasteiger partial charge in [0.05, 0.1) is 12.2 Å². The van der Waals surface area contributed by atoms with Crippen LogP contribution in [0.2, 0.25) is 0 Å². The van der Waals surface area contributed by atoms with E-state index in [-0.39, 0.29) is 17.6 Å². The lowest BCUT2D eigenvalue weighted by Crippen LogP contribution is -2.36. The molecular weight excluding hydrogens is 400 g/mol. The smallest absolute Gasteiger partial charge is 0.345 e. The van der Waals surface area contributed by atoms with Crippen LogP contribution in [0.5, 0.6) is 0 Å². The molecule has 1 atom stereocenters. The Morgan fingerprint density at radius 2 is 2.07 bits per heavy atom. The summed E-state index contributed by atoms with van der Waals surface area (Å²) in [4.78, 5) is 31.8. The van der Waals surface area contributed by atoms with Gasteiger partial charge in [0.15, 0.2) is 5.01 Å². The van der Waals surface area contributed by atoms with E-state index in [0.717, 1.165) is 30.0 Å². The standard InChI is InChI=1S/C21H26N6O2S/c1-25(2)12-13-27-21(29)26-11-10-16(8-9-18(26)24-27)22-19(28)20-23-17(14-30-20)15-6-4-3-5-7-15/h3-7,14,16H,8-13H2,1-2H3,(H,22,28). The highest BCUT2D eigenvalue weighted by molar-refractivity contribution is 7.12. The van der Waals surface area contributed by atoms with E-state index in [4.69, 9.17) is 0 Å². The van der Waals surface area contributed by atoms with E-state index >= 15 is 0 Å². The van der Waals surface area contributed by atoms with Crippen molar-refractivity contribution < 1.29 is 4.79 Å². The minimum Gasteiger partial charge on any atom is -0.347 e. The van der Waals surface area contributed by atoms with Gasteiger partial charge in [-0.2, -0.15) is 5.10 Å². The minimum atomic E-state index is -0.157. The Balaban J connectivity index is 1.38. The second kappa shape index (κ2) is 8.93. The molecule has 8 nitrogen and oxygen atoms in total. The number of likely N-dealkylation sites (N-methyl/N-ethyl adjacent to an activating group) is 1. The number of fused-ring (bicyclic) bond motifs is 1. The van der Waals surface area contributed by atoms with E-state index < -0.39 is 0 Å². The van der Waals surface area contributed by atoms with Crippen molar-refractivity contribution in [3.63, 3.8) is 0 Å². The number of hydrogen-bond donors (Lipinski definition) is 1. The highest BCUT2D eigenvalue weighted by Gasteiger charge is 2.23. The van der Waals surface area contributed by atoms with Crippen molar-refractivity contribution >= 4 is 17.2 Å². The summed E-state index contributed by atoms with van der Waals surface area (Å²) < 4.78 is 3.30. The molecular formula is C21H26N6O2S. The highest BCUT2D eigenvalue weighted by Crippen LogP contribution is 2.22. The molecule has 1 N–H and O–H groups in total. The molecule has 2 aromatic heterocycles. The van der Waals surface area contributed by atoms with Crippen molar-refractivity contribution in [2.24, 2.45) is 0 Å². The SMILES string of the molecule is CN(C)CCn1nc2n(c1=O)CCC(NC(=O)c1nc(-c3ccccc3)cs1)CC2. The second-order valence-corrected chi connectivity index (χ2v) is 8.64. The van der Waals surface area contributed by atoms with Crippen molar-refractivity contribution in [2.45, 2.75) is 38.4 Å². The summed E-state index contributed by atoms with van der Waals surface area (Å²) in [6.45, 7) is 1.92. The van der Waals surface area contributed by atoms with E-state index in [1.54, 1.807) is 9.25 Å². The molecule has 0 aliphatic carbocycles. The number of benzene rings is 1. The Labute approximate surface area is 179 Å². The van der Waals surface area contributed by atoms with Gasteiger partial charge < -0.3 is 10.2 Å². The van der Waals surface area contributed by atoms with Crippen molar-refractivity contribution in [3.8, 4) is 11.3 Å². The Morgan fingerprint density at radius 1 is 1.27 bits per heavy atom. The quantitative estimate of drug-likeness (QED) is 0.650. The van der Waals surface area contributed by atoms with Crippen LogP contribution in [0.3, 0.4) is 0 Å². The molecule has 1 aliphatic rings. The zero-order valence-electron chi connectivity index (χ0n) is 17.2. The van der Waals surface area contributed by atoms with Crippen LogP contribution in [0.15, 0.2) is 40.5 Å². The minimum absolute atomic E-state index is 0.00194. The van der Waals surface area contributed by atoms with Crippen LogP contribution >= 0.6 is 11.3 Å². The van der Waals surface area contributed by atoms with E-state index in [1.165, 1.54) is 11.3 Å². The van der Waals surface area contributed by atoms with E-state index in [2.05, 4.69) is 15.4 Å². The molecule has 0 bridgehead atoms. The van der Waals surface area contributed by atoms with Gasteiger partial charge in [-0.1, -0.05) is 30.3 Å². The lowest BCUT2D eigenvalue weighted by Gasteiger charge is -2.15. The second-order valence-electron chi connectivity index (χ2n) is 7.78. The highest BCUT2D eigenvalue weighted by atomic mass is 32.1. The Hall–Kier alpha value is -2.78. The number of carbonyl (C=O) groups is 1. The van der Waals surface area contributed by atoms with Crippen molar-refractivity contribution in [1.82, 2.24) is 29.5 Å². The molecule has 1 unspecified atom stereocenters. The normalized spacial score (nSPS) is 16.3. The number of hydrogen-bond acceptors (Lipinski definition) is 6. The first kappa shape index (κ1) is 20.5. The summed E-state index contributed by atoms with van der Waals surface area (Å²) >= 11 is 1.35. The fourth-order valence-corrected chi connectivity index (χ4v) is 4.31. The number of nitrogens with one attached hydrogen (secondary N) is 1. The number of carbonyl (C=O) groups excluding carboxylic acids is 1. The molecule has 158 valence electrons. The molecule has 0 spiro atoms. The van der Waals surface area contributed by atoms with Gasteiger partial charge in [0.1, 0.15) is 5.82 Å². The fourth-order valence-electron chi connectivity index (χ4n) is 3.58. The summed E-state index contributed by atoms with van der Waals surface area (Å²) in [5.74, 6) is 0.645.